The van der Waals surface area contributed by atoms with Crippen LogP contribution in [0.25, 0.3) is 0 Å². The highest BCUT2D eigenvalue weighted by Crippen LogP contribution is 2.37. The van der Waals surface area contributed by atoms with Gasteiger partial charge in [-0.1, -0.05) is 12.1 Å². The van der Waals surface area contributed by atoms with E-state index >= 15 is 0 Å². The van der Waals surface area contributed by atoms with Crippen LogP contribution in [0, 0.1) is 0 Å². The zero-order valence-corrected chi connectivity index (χ0v) is 10.9. The molecule has 3 N–H and O–H groups in total. The third-order valence-electron chi connectivity index (χ3n) is 2.61. The summed E-state index contributed by atoms with van der Waals surface area (Å²) in [4.78, 5) is 3.93. The molecule has 20 heavy (non-hydrogen) atoms. The Morgan fingerprint density at radius 2 is 1.80 bits per heavy atom. The van der Waals surface area contributed by atoms with E-state index < -0.39 is 11.6 Å². The first-order chi connectivity index (χ1) is 9.37. The lowest BCUT2D eigenvalue weighted by Gasteiger charge is -2.14. The number of anilines is 1. The van der Waals surface area contributed by atoms with Gasteiger partial charge in [-0.25, -0.2) is 0 Å². The highest BCUT2D eigenvalue weighted by Gasteiger charge is 2.29. The average Bonchev–Trinajstić information content (AvgIpc) is 2.37. The van der Waals surface area contributed by atoms with E-state index in [-0.39, 0.29) is 16.7 Å². The molecule has 1 atom stereocenters. The van der Waals surface area contributed by atoms with Gasteiger partial charge in [-0.05, 0) is 35.5 Å². The Kier molecular flexibility index (Phi) is 4.20. The fraction of sp³-hybridized carbons (Fsp3) is 0.154. The summed E-state index contributed by atoms with van der Waals surface area (Å²) in [5.41, 5.74) is 2.64. The Labute approximate surface area is 117 Å². The molecule has 1 aromatic carbocycles. The Balaban J connectivity index is 2.20. The van der Waals surface area contributed by atoms with Crippen molar-refractivity contribution < 1.29 is 18.3 Å². The number of benzene rings is 1. The van der Waals surface area contributed by atoms with Gasteiger partial charge in [0.1, 0.15) is 6.10 Å². The Hall–Kier alpha value is -1.73. The summed E-state index contributed by atoms with van der Waals surface area (Å²) in [7, 11) is 0. The van der Waals surface area contributed by atoms with Crippen molar-refractivity contribution in [1.82, 2.24) is 4.98 Å². The summed E-state index contributed by atoms with van der Waals surface area (Å²) in [6.45, 7) is 0. The molecule has 0 aliphatic heterocycles. The molecule has 0 spiro atoms. The van der Waals surface area contributed by atoms with E-state index in [0.29, 0.717) is 16.8 Å². The predicted molar refractivity (Wildman–Crippen MR) is 71.1 cm³/mol. The van der Waals surface area contributed by atoms with Gasteiger partial charge < -0.3 is 10.8 Å². The van der Waals surface area contributed by atoms with E-state index in [9.17, 15) is 18.3 Å². The molecule has 0 fully saturated rings. The van der Waals surface area contributed by atoms with Crippen molar-refractivity contribution in [2.24, 2.45) is 0 Å². The van der Waals surface area contributed by atoms with Crippen molar-refractivity contribution in [3.63, 3.8) is 0 Å². The molecule has 1 aromatic heterocycles. The van der Waals surface area contributed by atoms with Crippen molar-refractivity contribution in [3.05, 3.63) is 53.9 Å². The number of aromatic nitrogens is 1. The van der Waals surface area contributed by atoms with Crippen LogP contribution in [-0.2, 0) is 0 Å². The van der Waals surface area contributed by atoms with E-state index in [1.807, 2.05) is 0 Å². The van der Waals surface area contributed by atoms with Gasteiger partial charge in [-0.3, -0.25) is 4.98 Å². The molecule has 2 aromatic rings. The number of hydrogen-bond acceptors (Lipinski definition) is 4. The van der Waals surface area contributed by atoms with Gasteiger partial charge in [0.15, 0.2) is 0 Å². The van der Waals surface area contributed by atoms with Crippen molar-refractivity contribution in [2.45, 2.75) is 16.5 Å². The summed E-state index contributed by atoms with van der Waals surface area (Å²) in [6.07, 6.45) is 1.90. The molecule has 0 aliphatic carbocycles. The number of aliphatic hydroxyl groups is 1. The lowest BCUT2D eigenvalue weighted by Crippen LogP contribution is -2.04. The minimum absolute atomic E-state index is 0.0626. The van der Waals surface area contributed by atoms with Crippen molar-refractivity contribution in [1.29, 1.82) is 0 Å². The number of alkyl halides is 3. The van der Waals surface area contributed by atoms with Gasteiger partial charge in [0.25, 0.3) is 0 Å². The van der Waals surface area contributed by atoms with Crippen LogP contribution < -0.4 is 5.73 Å². The van der Waals surface area contributed by atoms with Crippen LogP contribution in [0.3, 0.4) is 0 Å². The summed E-state index contributed by atoms with van der Waals surface area (Å²) in [6, 6.07) is 7.04. The number of rotatable bonds is 3. The van der Waals surface area contributed by atoms with Gasteiger partial charge in [0.05, 0.1) is 0 Å². The molecule has 0 amide bonds. The first-order valence-corrected chi connectivity index (χ1v) is 6.41. The van der Waals surface area contributed by atoms with E-state index in [4.69, 9.17) is 5.73 Å². The zero-order chi connectivity index (χ0) is 14.8. The molecule has 0 saturated heterocycles. The molecule has 3 nitrogen and oxygen atoms in total. The van der Waals surface area contributed by atoms with E-state index in [1.54, 1.807) is 6.07 Å². The van der Waals surface area contributed by atoms with Crippen LogP contribution >= 0.6 is 11.8 Å². The number of halogens is 3. The number of pyridine rings is 1. The van der Waals surface area contributed by atoms with Crippen LogP contribution in [0.5, 0.6) is 0 Å². The second-order valence-electron chi connectivity index (χ2n) is 4.02. The molecule has 1 unspecified atom stereocenters. The maximum absolute atomic E-state index is 12.2. The smallest absolute Gasteiger partial charge is 0.398 e. The topological polar surface area (TPSA) is 59.1 Å². The predicted octanol–water partition coefficient (Wildman–Crippen LogP) is 3.36. The highest BCUT2D eigenvalue weighted by molar-refractivity contribution is 8.00. The second-order valence-corrected chi connectivity index (χ2v) is 5.16. The molecule has 0 radical (unpaired) electrons. The van der Waals surface area contributed by atoms with Gasteiger partial charge in [-0.15, -0.1) is 0 Å². The lowest BCUT2D eigenvalue weighted by atomic mass is 10.0. The Bertz CT molecular complexity index is 587. The first kappa shape index (κ1) is 14.7. The molecule has 2 rings (SSSR count). The van der Waals surface area contributed by atoms with Crippen molar-refractivity contribution >= 4 is 17.4 Å². The number of thioether (sulfide) groups is 1. The molecule has 7 heteroatoms. The summed E-state index contributed by atoms with van der Waals surface area (Å²) < 4.78 is 36.6. The van der Waals surface area contributed by atoms with Crippen LogP contribution in [0.15, 0.2) is 47.6 Å². The highest BCUT2D eigenvalue weighted by atomic mass is 32.2. The van der Waals surface area contributed by atoms with Gasteiger partial charge in [-0.2, -0.15) is 13.2 Å². The van der Waals surface area contributed by atoms with Crippen LogP contribution in [0.4, 0.5) is 18.9 Å². The second kappa shape index (κ2) is 5.72. The summed E-state index contributed by atoms with van der Waals surface area (Å²) >= 11 is -0.199. The van der Waals surface area contributed by atoms with Crippen LogP contribution in [0.2, 0.25) is 0 Å². The van der Waals surface area contributed by atoms with E-state index in [0.717, 1.165) is 0 Å². The minimum Gasteiger partial charge on any atom is -0.398 e. The molecule has 106 valence electrons. The third-order valence-corrected chi connectivity index (χ3v) is 3.35. The van der Waals surface area contributed by atoms with Gasteiger partial charge in [0.2, 0.25) is 0 Å². The Morgan fingerprint density at radius 3 is 2.35 bits per heavy atom. The SMILES string of the molecule is Nc1ccncc1C(O)c1ccc(SC(F)(F)F)cc1. The monoisotopic (exact) mass is 300 g/mol. The number of nitrogens with zero attached hydrogens (tertiary/aromatic N) is 1. The van der Waals surface area contributed by atoms with Crippen molar-refractivity contribution in [2.75, 3.05) is 5.73 Å². The molecule has 0 saturated carbocycles. The number of nitrogens with two attached hydrogens (primary N) is 1. The van der Waals surface area contributed by atoms with E-state index in [1.165, 1.54) is 36.7 Å². The maximum Gasteiger partial charge on any atom is 0.446 e. The molecular weight excluding hydrogens is 289 g/mol. The average molecular weight is 300 g/mol. The van der Waals surface area contributed by atoms with Crippen LogP contribution in [-0.4, -0.2) is 15.6 Å². The summed E-state index contributed by atoms with van der Waals surface area (Å²) in [5.74, 6) is 0. The molecule has 0 bridgehead atoms. The fourth-order valence-corrected chi connectivity index (χ4v) is 2.22. The Morgan fingerprint density at radius 1 is 1.15 bits per heavy atom. The summed E-state index contributed by atoms with van der Waals surface area (Å²) in [5, 5.41) is 10.1. The van der Waals surface area contributed by atoms with Crippen molar-refractivity contribution in [3.8, 4) is 0 Å². The zero-order valence-electron chi connectivity index (χ0n) is 10.1. The van der Waals surface area contributed by atoms with Crippen LogP contribution in [0.1, 0.15) is 17.2 Å². The third kappa shape index (κ3) is 3.64. The standard InChI is InChI=1S/C13H11F3N2OS/c14-13(15,16)20-9-3-1-8(2-4-9)12(19)10-7-18-6-5-11(10)17/h1-7,12,19H,(H2,17,18). The van der Waals surface area contributed by atoms with E-state index in [2.05, 4.69) is 4.98 Å². The maximum atomic E-state index is 12.2. The lowest BCUT2D eigenvalue weighted by molar-refractivity contribution is -0.0328. The number of aliphatic hydroxyl groups excluding tert-OH is 1. The molecular formula is C13H11F3N2OS. The number of hydrogen-bond donors (Lipinski definition) is 2. The number of nitrogen functional groups attached to an aromatic ring is 1. The quantitative estimate of drug-likeness (QED) is 0.853. The molecule has 0 aliphatic rings. The normalized spacial score (nSPS) is 13.2. The first-order valence-electron chi connectivity index (χ1n) is 5.60. The minimum atomic E-state index is -4.33. The fourth-order valence-electron chi connectivity index (χ4n) is 1.68. The van der Waals surface area contributed by atoms with Gasteiger partial charge >= 0.3 is 5.51 Å². The van der Waals surface area contributed by atoms with Gasteiger partial charge in [0, 0.05) is 28.5 Å². The molecule has 1 heterocycles. The largest absolute Gasteiger partial charge is 0.446 e.